The van der Waals surface area contributed by atoms with Gasteiger partial charge in [0, 0.05) is 29.8 Å². The number of hydrogen-bond donors (Lipinski definition) is 2. The van der Waals surface area contributed by atoms with Gasteiger partial charge in [0.25, 0.3) is 5.69 Å². The number of nitrogens with zero attached hydrogens (tertiary/aromatic N) is 1. The molecule has 0 saturated heterocycles. The molecule has 0 aliphatic rings. The number of carbonyl (C=O) groups excluding carboxylic acids is 1. The van der Waals surface area contributed by atoms with Crippen LogP contribution in [0.25, 0.3) is 0 Å². The minimum absolute atomic E-state index is 0.0112. The van der Waals surface area contributed by atoms with E-state index in [2.05, 4.69) is 5.32 Å². The fourth-order valence-electron chi connectivity index (χ4n) is 1.60. The van der Waals surface area contributed by atoms with Crippen molar-refractivity contribution in [2.24, 2.45) is 11.1 Å². The maximum atomic E-state index is 11.9. The van der Waals surface area contributed by atoms with Crippen molar-refractivity contribution in [1.82, 2.24) is 0 Å². The molecule has 1 unspecified atom stereocenters. The molecule has 0 spiro atoms. The van der Waals surface area contributed by atoms with E-state index in [1.807, 2.05) is 20.8 Å². The van der Waals surface area contributed by atoms with Crippen molar-refractivity contribution in [3.05, 3.63) is 33.9 Å². The maximum absolute atomic E-state index is 11.9. The molecule has 3 N–H and O–H groups in total. The van der Waals surface area contributed by atoms with Gasteiger partial charge in [0.15, 0.2) is 0 Å². The molecule has 1 amide bonds. The summed E-state index contributed by atoms with van der Waals surface area (Å²) in [6.45, 7) is 7.53. The number of rotatable bonds is 4. The van der Waals surface area contributed by atoms with Crippen molar-refractivity contribution in [2.45, 2.75) is 40.2 Å². The first-order valence-corrected chi connectivity index (χ1v) is 6.41. The lowest BCUT2D eigenvalue weighted by atomic mass is 9.85. The number of nitrogens with two attached hydrogens (primary N) is 1. The van der Waals surface area contributed by atoms with E-state index >= 15 is 0 Å². The predicted octanol–water partition coefficient (Wildman–Crippen LogP) is 2.61. The summed E-state index contributed by atoms with van der Waals surface area (Å²) in [7, 11) is 0. The first kappa shape index (κ1) is 16.1. The standard InChI is InChI=1S/C14H21N3O3/c1-9-5-6-10(7-11(9)17(19)20)16-13(18)8-12(15)14(2,3)4/h5-7,12H,8,15H2,1-4H3,(H,16,18). The Bertz CT molecular complexity index is 521. The van der Waals surface area contributed by atoms with Gasteiger partial charge in [0.05, 0.1) is 4.92 Å². The van der Waals surface area contributed by atoms with Gasteiger partial charge < -0.3 is 11.1 Å². The molecule has 0 aliphatic heterocycles. The lowest BCUT2D eigenvalue weighted by Crippen LogP contribution is -2.38. The molecule has 0 saturated carbocycles. The molecule has 0 bridgehead atoms. The average Bonchev–Trinajstić information content (AvgIpc) is 2.29. The summed E-state index contributed by atoms with van der Waals surface area (Å²) in [5, 5.41) is 13.5. The number of nitrogens with one attached hydrogen (secondary N) is 1. The molecule has 0 radical (unpaired) electrons. The smallest absolute Gasteiger partial charge is 0.274 e. The molecule has 0 heterocycles. The Morgan fingerprint density at radius 3 is 2.55 bits per heavy atom. The predicted molar refractivity (Wildman–Crippen MR) is 78.5 cm³/mol. The van der Waals surface area contributed by atoms with Gasteiger partial charge in [-0.3, -0.25) is 14.9 Å². The van der Waals surface area contributed by atoms with Crippen LogP contribution >= 0.6 is 0 Å². The van der Waals surface area contributed by atoms with E-state index in [1.54, 1.807) is 19.1 Å². The molecule has 1 aromatic rings. The number of amides is 1. The van der Waals surface area contributed by atoms with Crippen LogP contribution in [0.4, 0.5) is 11.4 Å². The molecule has 1 atom stereocenters. The third-order valence-electron chi connectivity index (χ3n) is 3.21. The van der Waals surface area contributed by atoms with Gasteiger partial charge in [-0.1, -0.05) is 26.8 Å². The van der Waals surface area contributed by atoms with Gasteiger partial charge in [-0.05, 0) is 18.4 Å². The summed E-state index contributed by atoms with van der Waals surface area (Å²) in [6, 6.07) is 4.33. The highest BCUT2D eigenvalue weighted by Crippen LogP contribution is 2.23. The number of aryl methyl sites for hydroxylation is 1. The van der Waals surface area contributed by atoms with E-state index in [1.165, 1.54) is 6.07 Å². The molecule has 1 rings (SSSR count). The number of hydrogen-bond acceptors (Lipinski definition) is 4. The lowest BCUT2D eigenvalue weighted by molar-refractivity contribution is -0.385. The maximum Gasteiger partial charge on any atom is 0.274 e. The van der Waals surface area contributed by atoms with Crippen LogP contribution in [0.2, 0.25) is 0 Å². The van der Waals surface area contributed by atoms with Crippen LogP contribution in [0.1, 0.15) is 32.8 Å². The quantitative estimate of drug-likeness (QED) is 0.653. The van der Waals surface area contributed by atoms with Gasteiger partial charge in [-0.25, -0.2) is 0 Å². The van der Waals surface area contributed by atoms with E-state index in [-0.39, 0.29) is 29.5 Å². The average molecular weight is 279 g/mol. The van der Waals surface area contributed by atoms with Crippen LogP contribution in [0.5, 0.6) is 0 Å². The summed E-state index contributed by atoms with van der Waals surface area (Å²) in [5.41, 5.74) is 6.72. The second kappa shape index (κ2) is 6.00. The van der Waals surface area contributed by atoms with E-state index in [0.29, 0.717) is 11.3 Å². The number of benzene rings is 1. The Morgan fingerprint density at radius 2 is 2.05 bits per heavy atom. The Morgan fingerprint density at radius 1 is 1.45 bits per heavy atom. The summed E-state index contributed by atoms with van der Waals surface area (Å²) >= 11 is 0. The fraction of sp³-hybridized carbons (Fsp3) is 0.500. The SMILES string of the molecule is Cc1ccc(NC(=O)CC(N)C(C)(C)C)cc1[N+](=O)[O-]. The van der Waals surface area contributed by atoms with Gasteiger partial charge in [0.1, 0.15) is 0 Å². The highest BCUT2D eigenvalue weighted by atomic mass is 16.6. The minimum atomic E-state index is -0.466. The van der Waals surface area contributed by atoms with E-state index < -0.39 is 4.92 Å². The van der Waals surface area contributed by atoms with Crippen molar-refractivity contribution in [2.75, 3.05) is 5.32 Å². The van der Waals surface area contributed by atoms with Crippen molar-refractivity contribution < 1.29 is 9.72 Å². The largest absolute Gasteiger partial charge is 0.327 e. The zero-order chi connectivity index (χ0) is 15.5. The Balaban J connectivity index is 2.77. The lowest BCUT2D eigenvalue weighted by Gasteiger charge is -2.26. The van der Waals surface area contributed by atoms with Crippen molar-refractivity contribution in [3.63, 3.8) is 0 Å². The molecule has 6 heteroatoms. The van der Waals surface area contributed by atoms with Crippen LogP contribution in [0.3, 0.4) is 0 Å². The topological polar surface area (TPSA) is 98.3 Å². The van der Waals surface area contributed by atoms with E-state index in [9.17, 15) is 14.9 Å². The zero-order valence-corrected chi connectivity index (χ0v) is 12.3. The molecule has 1 aromatic carbocycles. The van der Waals surface area contributed by atoms with Crippen molar-refractivity contribution >= 4 is 17.3 Å². The molecule has 110 valence electrons. The number of carbonyl (C=O) groups is 1. The molecule has 0 fully saturated rings. The first-order chi connectivity index (χ1) is 9.11. The van der Waals surface area contributed by atoms with Crippen LogP contribution in [0.15, 0.2) is 18.2 Å². The van der Waals surface area contributed by atoms with Crippen LogP contribution in [0, 0.1) is 22.5 Å². The number of nitro benzene ring substituents is 1. The van der Waals surface area contributed by atoms with Gasteiger partial charge in [0.2, 0.25) is 5.91 Å². The van der Waals surface area contributed by atoms with Crippen molar-refractivity contribution in [1.29, 1.82) is 0 Å². The normalized spacial score (nSPS) is 12.8. The minimum Gasteiger partial charge on any atom is -0.327 e. The Labute approximate surface area is 118 Å². The summed E-state index contributed by atoms with van der Waals surface area (Å²) < 4.78 is 0. The molecule has 0 aliphatic carbocycles. The van der Waals surface area contributed by atoms with Crippen LogP contribution < -0.4 is 11.1 Å². The Kier molecular flexibility index (Phi) is 4.83. The zero-order valence-electron chi connectivity index (χ0n) is 12.3. The van der Waals surface area contributed by atoms with E-state index in [0.717, 1.165) is 0 Å². The molecule has 6 nitrogen and oxygen atoms in total. The molecular weight excluding hydrogens is 258 g/mol. The fourth-order valence-corrected chi connectivity index (χ4v) is 1.60. The second-order valence-corrected chi connectivity index (χ2v) is 5.98. The summed E-state index contributed by atoms with van der Waals surface area (Å²) in [4.78, 5) is 22.3. The van der Waals surface area contributed by atoms with Crippen LogP contribution in [-0.4, -0.2) is 16.9 Å². The summed E-state index contributed by atoms with van der Waals surface area (Å²) in [5.74, 6) is -0.245. The van der Waals surface area contributed by atoms with Gasteiger partial charge in [-0.2, -0.15) is 0 Å². The third kappa shape index (κ3) is 4.31. The third-order valence-corrected chi connectivity index (χ3v) is 3.21. The first-order valence-electron chi connectivity index (χ1n) is 6.41. The number of anilines is 1. The highest BCUT2D eigenvalue weighted by Gasteiger charge is 2.23. The van der Waals surface area contributed by atoms with Crippen LogP contribution in [-0.2, 0) is 4.79 Å². The Hall–Kier alpha value is -1.95. The molecule has 20 heavy (non-hydrogen) atoms. The highest BCUT2D eigenvalue weighted by molar-refractivity contribution is 5.91. The monoisotopic (exact) mass is 279 g/mol. The van der Waals surface area contributed by atoms with Gasteiger partial charge in [-0.15, -0.1) is 0 Å². The summed E-state index contributed by atoms with van der Waals surface area (Å²) in [6.07, 6.45) is 0.172. The molecular formula is C14H21N3O3. The second-order valence-electron chi connectivity index (χ2n) is 5.98. The molecule has 0 aromatic heterocycles. The van der Waals surface area contributed by atoms with Crippen molar-refractivity contribution in [3.8, 4) is 0 Å². The number of nitro groups is 1. The van der Waals surface area contributed by atoms with E-state index in [4.69, 9.17) is 5.73 Å². The van der Waals surface area contributed by atoms with Gasteiger partial charge >= 0.3 is 0 Å².